The van der Waals surface area contributed by atoms with E-state index in [9.17, 15) is 25.2 Å². The summed E-state index contributed by atoms with van der Waals surface area (Å²) in [6.45, 7) is 3.66. The molecule has 6 nitrogen and oxygen atoms in total. The normalized spacial score (nSPS) is 23.7. The van der Waals surface area contributed by atoms with Crippen molar-refractivity contribution in [3.63, 3.8) is 0 Å². The topological polar surface area (TPSA) is 107 Å². The van der Waals surface area contributed by atoms with Gasteiger partial charge in [-0.05, 0) is 76.0 Å². The molecule has 0 amide bonds. The first-order valence-electron chi connectivity index (χ1n) is 14.1. The number of esters is 1. The smallest absolute Gasteiger partial charge is 0.306 e. The molecule has 1 aliphatic rings. The van der Waals surface area contributed by atoms with Gasteiger partial charge in [0, 0.05) is 17.2 Å². The zero-order valence-corrected chi connectivity index (χ0v) is 23.8. The number of aliphatic hydroxyl groups is 4. The fourth-order valence-electron chi connectivity index (χ4n) is 5.35. The van der Waals surface area contributed by atoms with E-state index in [1.165, 1.54) is 11.8 Å². The molecule has 7 heteroatoms. The van der Waals surface area contributed by atoms with Crippen molar-refractivity contribution in [2.45, 2.75) is 99.5 Å². The molecule has 1 saturated carbocycles. The number of allylic oxidation sites excluding steroid dienone is 2. The molecule has 0 spiro atoms. The largest absolute Gasteiger partial charge is 0.463 e. The second-order valence-electron chi connectivity index (χ2n) is 10.7. The van der Waals surface area contributed by atoms with Crippen LogP contribution in [0.1, 0.15) is 57.9 Å². The minimum Gasteiger partial charge on any atom is -0.463 e. The molecule has 2 aromatic carbocycles. The van der Waals surface area contributed by atoms with Crippen molar-refractivity contribution in [2.24, 2.45) is 11.8 Å². The molecule has 3 rings (SSSR count). The summed E-state index contributed by atoms with van der Waals surface area (Å²) < 4.78 is 5.16. The predicted octanol–water partition coefficient (Wildman–Crippen LogP) is 4.93. The average Bonchev–Trinajstić information content (AvgIpc) is 3.20. The highest BCUT2D eigenvalue weighted by Gasteiger charge is 2.48. The second kappa shape index (κ2) is 16.2. The fourth-order valence-corrected chi connectivity index (χ4v) is 6.59. The summed E-state index contributed by atoms with van der Waals surface area (Å²) in [4.78, 5) is 12.6. The van der Waals surface area contributed by atoms with Gasteiger partial charge in [-0.15, -0.1) is 11.8 Å². The maximum Gasteiger partial charge on any atom is 0.306 e. The molecule has 1 aliphatic carbocycles. The van der Waals surface area contributed by atoms with Crippen LogP contribution < -0.4 is 0 Å². The van der Waals surface area contributed by atoms with Gasteiger partial charge in [0.05, 0.1) is 35.8 Å². The molecule has 0 heterocycles. The Labute approximate surface area is 237 Å². The fraction of sp³-hybridized carbons (Fsp3) is 0.531. The maximum atomic E-state index is 11.7. The molecule has 0 saturated heterocycles. The van der Waals surface area contributed by atoms with Crippen molar-refractivity contribution in [3.05, 3.63) is 78.4 Å². The number of benzene rings is 2. The van der Waals surface area contributed by atoms with Crippen LogP contribution in [0.4, 0.5) is 0 Å². The van der Waals surface area contributed by atoms with Crippen LogP contribution in [0, 0.1) is 11.8 Å². The number of rotatable bonds is 15. The van der Waals surface area contributed by atoms with Crippen molar-refractivity contribution in [1.29, 1.82) is 0 Å². The lowest BCUT2D eigenvalue weighted by atomic mass is 9.83. The van der Waals surface area contributed by atoms with E-state index in [2.05, 4.69) is 0 Å². The highest BCUT2D eigenvalue weighted by atomic mass is 32.2. The van der Waals surface area contributed by atoms with Crippen LogP contribution >= 0.6 is 11.8 Å². The molecule has 0 aliphatic heterocycles. The van der Waals surface area contributed by atoms with E-state index in [0.717, 1.165) is 10.5 Å². The Hall–Kier alpha value is -2.16. The van der Waals surface area contributed by atoms with E-state index in [1.807, 2.05) is 86.7 Å². The Balaban J connectivity index is 1.66. The number of ether oxygens (including phenoxy) is 1. The van der Waals surface area contributed by atoms with Gasteiger partial charge in [0.25, 0.3) is 0 Å². The summed E-state index contributed by atoms with van der Waals surface area (Å²) in [6.07, 6.45) is 3.98. The summed E-state index contributed by atoms with van der Waals surface area (Å²) >= 11 is 1.42. The third-order valence-corrected chi connectivity index (χ3v) is 8.72. The second-order valence-corrected chi connectivity index (χ2v) is 12.0. The zero-order valence-electron chi connectivity index (χ0n) is 23.0. The van der Waals surface area contributed by atoms with Gasteiger partial charge < -0.3 is 25.2 Å². The van der Waals surface area contributed by atoms with Crippen molar-refractivity contribution in [3.8, 4) is 0 Å². The molecule has 0 aromatic heterocycles. The van der Waals surface area contributed by atoms with Crippen molar-refractivity contribution in [2.75, 3.05) is 0 Å². The van der Waals surface area contributed by atoms with E-state index in [4.69, 9.17) is 4.74 Å². The monoisotopic (exact) mass is 556 g/mol. The molecule has 0 radical (unpaired) electrons. The molecule has 4 N–H and O–H groups in total. The first-order valence-corrected chi connectivity index (χ1v) is 15.0. The number of hydrogen-bond acceptors (Lipinski definition) is 7. The van der Waals surface area contributed by atoms with Gasteiger partial charge in [-0.2, -0.15) is 0 Å². The minimum absolute atomic E-state index is 0.118. The summed E-state index contributed by atoms with van der Waals surface area (Å²) in [5.74, 6) is -1.11. The first kappa shape index (κ1) is 31.4. The third kappa shape index (κ3) is 10.1. The Kier molecular flexibility index (Phi) is 13.0. The Morgan fingerprint density at radius 1 is 1.00 bits per heavy atom. The maximum absolute atomic E-state index is 11.7. The summed E-state index contributed by atoms with van der Waals surface area (Å²) in [5.41, 5.74) is 1.12. The van der Waals surface area contributed by atoms with Crippen LogP contribution in [0.5, 0.6) is 0 Å². The van der Waals surface area contributed by atoms with Crippen LogP contribution in [0.15, 0.2) is 77.7 Å². The van der Waals surface area contributed by atoms with Crippen molar-refractivity contribution < 1.29 is 30.0 Å². The Morgan fingerprint density at radius 2 is 1.67 bits per heavy atom. The number of aliphatic hydroxyl groups excluding tert-OH is 4. The molecule has 1 fully saturated rings. The quantitative estimate of drug-likeness (QED) is 0.107. The highest BCUT2D eigenvalue weighted by Crippen LogP contribution is 2.42. The predicted molar refractivity (Wildman–Crippen MR) is 155 cm³/mol. The number of thioether (sulfide) groups is 1. The molecule has 0 bridgehead atoms. The molecule has 39 heavy (non-hydrogen) atoms. The van der Waals surface area contributed by atoms with Crippen LogP contribution in [-0.4, -0.2) is 62.2 Å². The van der Waals surface area contributed by atoms with Gasteiger partial charge in [-0.3, -0.25) is 4.79 Å². The van der Waals surface area contributed by atoms with E-state index < -0.39 is 35.6 Å². The number of aryl methyl sites for hydroxylation is 1. The third-order valence-electron chi connectivity index (χ3n) is 7.31. The zero-order chi connectivity index (χ0) is 28.2. The molecule has 7 atom stereocenters. The molecule has 2 aromatic rings. The number of hydrogen-bond donors (Lipinski definition) is 4. The minimum atomic E-state index is -1.02. The lowest BCUT2D eigenvalue weighted by Gasteiger charge is -2.35. The SMILES string of the molecule is CC(C)OC(=O)CCC/C=C\C[C@@H]1[C@@H]([C@@H](O)[C@@H](Sc2ccccc2)[C@H](O)CCc2ccccc2)[C@H](O)C[C@@H]1O. The van der Waals surface area contributed by atoms with Gasteiger partial charge >= 0.3 is 5.97 Å². The van der Waals surface area contributed by atoms with Gasteiger partial charge in [-0.25, -0.2) is 0 Å². The van der Waals surface area contributed by atoms with E-state index >= 15 is 0 Å². The molecular weight excluding hydrogens is 512 g/mol. The number of carbonyl (C=O) groups is 1. The summed E-state index contributed by atoms with van der Waals surface area (Å²) in [5, 5.41) is 44.0. The van der Waals surface area contributed by atoms with Crippen LogP contribution in [0.3, 0.4) is 0 Å². The molecular formula is C32H44O6S. The average molecular weight is 557 g/mol. The van der Waals surface area contributed by atoms with Crippen molar-refractivity contribution in [1.82, 2.24) is 0 Å². The van der Waals surface area contributed by atoms with E-state index in [-0.39, 0.29) is 24.4 Å². The van der Waals surface area contributed by atoms with Gasteiger partial charge in [0.1, 0.15) is 0 Å². The van der Waals surface area contributed by atoms with Gasteiger partial charge in [0.15, 0.2) is 0 Å². The van der Waals surface area contributed by atoms with Gasteiger partial charge in [0.2, 0.25) is 0 Å². The summed E-state index contributed by atoms with van der Waals surface area (Å²) in [6, 6.07) is 19.6. The number of unbranched alkanes of at least 4 members (excludes halogenated alkanes) is 1. The lowest BCUT2D eigenvalue weighted by Crippen LogP contribution is -2.45. The number of carbonyl (C=O) groups excluding carboxylic acids is 1. The first-order chi connectivity index (χ1) is 18.8. The van der Waals surface area contributed by atoms with Crippen LogP contribution in [0.25, 0.3) is 0 Å². The van der Waals surface area contributed by atoms with Gasteiger partial charge in [-0.1, -0.05) is 60.7 Å². The van der Waals surface area contributed by atoms with Crippen LogP contribution in [0.2, 0.25) is 0 Å². The highest BCUT2D eigenvalue weighted by molar-refractivity contribution is 8.00. The molecule has 214 valence electrons. The van der Waals surface area contributed by atoms with Crippen molar-refractivity contribution >= 4 is 17.7 Å². The molecule has 0 unspecified atom stereocenters. The van der Waals surface area contributed by atoms with E-state index in [1.54, 1.807) is 0 Å². The standard InChI is InChI=1S/C32H44O6S/c1-22(2)38-29(36)18-12-4-3-11-17-25-27(34)21-28(35)30(25)31(37)32(39-24-15-9-6-10-16-24)26(33)20-19-23-13-7-5-8-14-23/h3,5-11,13-16,22,25-28,30-35,37H,4,12,17-21H2,1-2H3/b11-3-/t25-,26+,27-,28+,30+,31+,32-/m0/s1. The van der Waals surface area contributed by atoms with E-state index in [0.29, 0.717) is 38.5 Å². The van der Waals surface area contributed by atoms with Crippen LogP contribution in [-0.2, 0) is 16.0 Å². The summed E-state index contributed by atoms with van der Waals surface area (Å²) in [7, 11) is 0. The Morgan fingerprint density at radius 3 is 2.33 bits per heavy atom. The lowest BCUT2D eigenvalue weighted by molar-refractivity contribution is -0.147. The Bertz CT molecular complexity index is 998.